The third kappa shape index (κ3) is 2.61. The molecule has 1 heterocycles. The number of primary amides is 1. The van der Waals surface area contributed by atoms with Gasteiger partial charge < -0.3 is 16.2 Å². The molecule has 92 valence electrons. The Bertz CT molecular complexity index is 554. The summed E-state index contributed by atoms with van der Waals surface area (Å²) in [5, 5.41) is 0. The molecule has 0 saturated heterocycles. The maximum atomic E-state index is 11.2. The number of amides is 1. The molecule has 0 aliphatic heterocycles. The van der Waals surface area contributed by atoms with Crippen molar-refractivity contribution >= 4 is 5.91 Å². The number of para-hydroxylation sites is 1. The summed E-state index contributed by atoms with van der Waals surface area (Å²) < 4.78 is 5.46. The number of aromatic nitrogens is 2. The fourth-order valence-electron chi connectivity index (χ4n) is 1.37. The van der Waals surface area contributed by atoms with Crippen LogP contribution in [0.1, 0.15) is 16.1 Å². The van der Waals surface area contributed by atoms with Gasteiger partial charge in [-0.15, -0.1) is 0 Å². The molecule has 1 aromatic heterocycles. The van der Waals surface area contributed by atoms with Crippen LogP contribution in [0.15, 0.2) is 36.7 Å². The van der Waals surface area contributed by atoms with E-state index < -0.39 is 5.91 Å². The SMILES string of the molecule is NCc1cnc(Oc2ccccc2C(N)=O)cn1. The van der Waals surface area contributed by atoms with Gasteiger partial charge in [0.25, 0.3) is 5.91 Å². The van der Waals surface area contributed by atoms with Crippen LogP contribution >= 0.6 is 0 Å². The van der Waals surface area contributed by atoms with E-state index in [9.17, 15) is 4.79 Å². The van der Waals surface area contributed by atoms with Gasteiger partial charge in [-0.1, -0.05) is 12.1 Å². The van der Waals surface area contributed by atoms with E-state index in [0.717, 1.165) is 0 Å². The molecule has 18 heavy (non-hydrogen) atoms. The maximum Gasteiger partial charge on any atom is 0.252 e. The average Bonchev–Trinajstić information content (AvgIpc) is 2.40. The third-order valence-corrected chi connectivity index (χ3v) is 2.26. The van der Waals surface area contributed by atoms with Crippen LogP contribution in [0.4, 0.5) is 0 Å². The average molecular weight is 244 g/mol. The highest BCUT2D eigenvalue weighted by molar-refractivity contribution is 5.95. The van der Waals surface area contributed by atoms with E-state index in [1.807, 2.05) is 0 Å². The Balaban J connectivity index is 2.25. The second-order valence-corrected chi connectivity index (χ2v) is 3.51. The van der Waals surface area contributed by atoms with E-state index in [4.69, 9.17) is 16.2 Å². The normalized spacial score (nSPS) is 10.1. The fourth-order valence-corrected chi connectivity index (χ4v) is 1.37. The summed E-state index contributed by atoms with van der Waals surface area (Å²) in [6.45, 7) is 0.311. The Kier molecular flexibility index (Phi) is 3.49. The largest absolute Gasteiger partial charge is 0.437 e. The highest BCUT2D eigenvalue weighted by atomic mass is 16.5. The van der Waals surface area contributed by atoms with E-state index in [2.05, 4.69) is 9.97 Å². The minimum Gasteiger partial charge on any atom is -0.437 e. The summed E-state index contributed by atoms with van der Waals surface area (Å²) in [7, 11) is 0. The molecule has 1 amide bonds. The van der Waals surface area contributed by atoms with E-state index in [-0.39, 0.29) is 5.88 Å². The molecule has 0 saturated carbocycles. The first-order chi connectivity index (χ1) is 8.70. The van der Waals surface area contributed by atoms with Gasteiger partial charge in [-0.2, -0.15) is 0 Å². The van der Waals surface area contributed by atoms with Crippen LogP contribution in [0.3, 0.4) is 0 Å². The molecule has 4 N–H and O–H groups in total. The molecule has 6 heteroatoms. The molecule has 1 aromatic carbocycles. The van der Waals surface area contributed by atoms with Gasteiger partial charge in [-0.25, -0.2) is 4.98 Å². The summed E-state index contributed by atoms with van der Waals surface area (Å²) in [6, 6.07) is 6.66. The van der Waals surface area contributed by atoms with Crippen molar-refractivity contribution in [2.24, 2.45) is 11.5 Å². The van der Waals surface area contributed by atoms with Crippen molar-refractivity contribution < 1.29 is 9.53 Å². The van der Waals surface area contributed by atoms with Crippen LogP contribution in [-0.4, -0.2) is 15.9 Å². The van der Waals surface area contributed by atoms with Crippen molar-refractivity contribution in [3.05, 3.63) is 47.9 Å². The standard InChI is InChI=1S/C12H12N4O2/c13-5-8-6-16-11(7-15-8)18-10-4-2-1-3-9(10)12(14)17/h1-4,6-7H,5,13H2,(H2,14,17). The van der Waals surface area contributed by atoms with Crippen LogP contribution in [0.25, 0.3) is 0 Å². The number of carbonyl (C=O) groups excluding carboxylic acids is 1. The zero-order valence-corrected chi connectivity index (χ0v) is 9.54. The van der Waals surface area contributed by atoms with Gasteiger partial charge in [0, 0.05) is 6.54 Å². The molecule has 0 atom stereocenters. The quantitative estimate of drug-likeness (QED) is 0.828. The van der Waals surface area contributed by atoms with Crippen LogP contribution < -0.4 is 16.2 Å². The van der Waals surface area contributed by atoms with Crippen molar-refractivity contribution in [3.63, 3.8) is 0 Å². The number of carbonyl (C=O) groups is 1. The van der Waals surface area contributed by atoms with Crippen LogP contribution in [0.5, 0.6) is 11.6 Å². The Morgan fingerprint density at radius 3 is 2.61 bits per heavy atom. The zero-order chi connectivity index (χ0) is 13.0. The lowest BCUT2D eigenvalue weighted by atomic mass is 10.2. The summed E-state index contributed by atoms with van der Waals surface area (Å²) in [5.74, 6) is 0.0674. The van der Waals surface area contributed by atoms with E-state index >= 15 is 0 Å². The lowest BCUT2D eigenvalue weighted by Crippen LogP contribution is -2.12. The Hall–Kier alpha value is -2.47. The summed E-state index contributed by atoms with van der Waals surface area (Å²) in [5.41, 5.74) is 11.6. The highest BCUT2D eigenvalue weighted by Crippen LogP contribution is 2.22. The zero-order valence-electron chi connectivity index (χ0n) is 9.54. The van der Waals surface area contributed by atoms with Crippen LogP contribution in [0, 0.1) is 0 Å². The monoisotopic (exact) mass is 244 g/mol. The Morgan fingerprint density at radius 2 is 2.00 bits per heavy atom. The van der Waals surface area contributed by atoms with Gasteiger partial charge in [-0.3, -0.25) is 9.78 Å². The Morgan fingerprint density at radius 1 is 1.22 bits per heavy atom. The maximum absolute atomic E-state index is 11.2. The van der Waals surface area contributed by atoms with Gasteiger partial charge >= 0.3 is 0 Å². The summed E-state index contributed by atoms with van der Waals surface area (Å²) in [6.07, 6.45) is 2.96. The minimum absolute atomic E-state index is 0.279. The first-order valence-corrected chi connectivity index (χ1v) is 5.28. The molecule has 2 rings (SSSR count). The molecule has 0 fully saturated rings. The predicted octanol–water partition coefficient (Wildman–Crippen LogP) is 0.826. The lowest BCUT2D eigenvalue weighted by Gasteiger charge is -2.07. The van der Waals surface area contributed by atoms with Crippen molar-refractivity contribution in [1.82, 2.24) is 9.97 Å². The van der Waals surface area contributed by atoms with Gasteiger partial charge in [-0.05, 0) is 12.1 Å². The summed E-state index contributed by atoms with van der Waals surface area (Å²) >= 11 is 0. The van der Waals surface area contributed by atoms with Crippen molar-refractivity contribution in [1.29, 1.82) is 0 Å². The molecule has 6 nitrogen and oxygen atoms in total. The first-order valence-electron chi connectivity index (χ1n) is 5.28. The first kappa shape index (κ1) is 12.0. The van der Waals surface area contributed by atoms with Crippen LogP contribution in [0.2, 0.25) is 0 Å². The smallest absolute Gasteiger partial charge is 0.252 e. The summed E-state index contributed by atoms with van der Waals surface area (Å²) in [4.78, 5) is 19.3. The number of benzene rings is 1. The molecule has 0 aliphatic carbocycles. The van der Waals surface area contributed by atoms with Gasteiger partial charge in [0.2, 0.25) is 5.88 Å². The molecular weight excluding hydrogens is 232 g/mol. The van der Waals surface area contributed by atoms with Crippen molar-refractivity contribution in [2.45, 2.75) is 6.54 Å². The second kappa shape index (κ2) is 5.24. The molecule has 0 radical (unpaired) electrons. The van der Waals surface area contributed by atoms with Crippen molar-refractivity contribution in [3.8, 4) is 11.6 Å². The van der Waals surface area contributed by atoms with Gasteiger partial charge in [0.15, 0.2) is 0 Å². The van der Waals surface area contributed by atoms with E-state index in [1.165, 1.54) is 12.4 Å². The number of nitrogens with two attached hydrogens (primary N) is 2. The number of hydrogen-bond acceptors (Lipinski definition) is 5. The highest BCUT2D eigenvalue weighted by Gasteiger charge is 2.09. The number of nitrogens with zero attached hydrogens (tertiary/aromatic N) is 2. The molecule has 0 aliphatic rings. The lowest BCUT2D eigenvalue weighted by molar-refractivity contribution is 0.0998. The molecular formula is C12H12N4O2. The van der Waals surface area contributed by atoms with Crippen molar-refractivity contribution in [2.75, 3.05) is 0 Å². The number of hydrogen-bond donors (Lipinski definition) is 2. The van der Waals surface area contributed by atoms with Gasteiger partial charge in [0.05, 0.1) is 23.7 Å². The number of ether oxygens (including phenoxy) is 1. The number of rotatable bonds is 4. The second-order valence-electron chi connectivity index (χ2n) is 3.51. The topological polar surface area (TPSA) is 104 Å². The minimum atomic E-state index is -0.558. The van der Waals surface area contributed by atoms with Gasteiger partial charge in [0.1, 0.15) is 5.75 Å². The van der Waals surface area contributed by atoms with E-state index in [1.54, 1.807) is 24.3 Å². The molecule has 2 aromatic rings. The Labute approximate surface area is 104 Å². The fraction of sp³-hybridized carbons (Fsp3) is 0.0833. The molecule has 0 unspecified atom stereocenters. The predicted molar refractivity (Wildman–Crippen MR) is 65.0 cm³/mol. The molecule has 0 bridgehead atoms. The van der Waals surface area contributed by atoms with Crippen LogP contribution in [-0.2, 0) is 6.54 Å². The molecule has 0 spiro atoms. The third-order valence-electron chi connectivity index (χ3n) is 2.26. The van der Waals surface area contributed by atoms with E-state index in [0.29, 0.717) is 23.6 Å².